The van der Waals surface area contributed by atoms with Crippen LogP contribution in [-0.2, 0) is 20.7 Å². The molecule has 0 aliphatic heterocycles. The molecule has 0 aromatic heterocycles. The van der Waals surface area contributed by atoms with Crippen molar-refractivity contribution in [1.29, 1.82) is 0 Å². The van der Waals surface area contributed by atoms with Crippen molar-refractivity contribution in [3.63, 3.8) is 0 Å². The summed E-state index contributed by atoms with van der Waals surface area (Å²) in [6.07, 6.45) is 0.0581. The van der Waals surface area contributed by atoms with E-state index in [-0.39, 0.29) is 24.6 Å². The molecule has 6 heteroatoms. The Balaban J connectivity index is 2.16. The van der Waals surface area contributed by atoms with E-state index in [4.69, 9.17) is 9.47 Å². The molecule has 2 aromatic carbocycles. The van der Waals surface area contributed by atoms with Gasteiger partial charge in [0.05, 0.1) is 33.1 Å². The minimum atomic E-state index is -0.605. The SMILES string of the molecule is COC(=O)CC(NC(=O)Cc1cc(C)ccc1OC)c1ccc(F)cc1. The van der Waals surface area contributed by atoms with Crippen LogP contribution in [0.25, 0.3) is 0 Å². The Hall–Kier alpha value is -2.89. The van der Waals surface area contributed by atoms with Crippen LogP contribution in [-0.4, -0.2) is 26.1 Å². The second-order valence-corrected chi connectivity index (χ2v) is 5.94. The molecule has 0 aliphatic rings. The van der Waals surface area contributed by atoms with E-state index in [1.807, 2.05) is 25.1 Å². The fourth-order valence-electron chi connectivity index (χ4n) is 2.66. The van der Waals surface area contributed by atoms with Gasteiger partial charge in [-0.15, -0.1) is 0 Å². The maximum absolute atomic E-state index is 13.2. The van der Waals surface area contributed by atoms with Crippen molar-refractivity contribution in [3.8, 4) is 5.75 Å². The molecule has 1 amide bonds. The number of aryl methyl sites for hydroxylation is 1. The van der Waals surface area contributed by atoms with Crippen LogP contribution in [0.3, 0.4) is 0 Å². The molecule has 0 bridgehead atoms. The Morgan fingerprint density at radius 3 is 2.42 bits per heavy atom. The first kappa shape index (κ1) is 19.4. The molecule has 1 unspecified atom stereocenters. The van der Waals surface area contributed by atoms with E-state index in [9.17, 15) is 14.0 Å². The number of rotatable bonds is 7. The zero-order valence-electron chi connectivity index (χ0n) is 15.0. The zero-order valence-corrected chi connectivity index (χ0v) is 15.0. The molecule has 1 atom stereocenters. The third kappa shape index (κ3) is 5.31. The van der Waals surface area contributed by atoms with Gasteiger partial charge in [-0.25, -0.2) is 4.39 Å². The van der Waals surface area contributed by atoms with E-state index in [1.54, 1.807) is 7.11 Å². The number of carbonyl (C=O) groups excluding carboxylic acids is 2. The third-order valence-corrected chi connectivity index (χ3v) is 3.99. The number of ether oxygens (including phenoxy) is 2. The van der Waals surface area contributed by atoms with Gasteiger partial charge in [0, 0.05) is 5.56 Å². The highest BCUT2D eigenvalue weighted by atomic mass is 19.1. The summed E-state index contributed by atoms with van der Waals surface area (Å²) in [5, 5.41) is 2.82. The summed E-state index contributed by atoms with van der Waals surface area (Å²) in [4.78, 5) is 24.2. The fourth-order valence-corrected chi connectivity index (χ4v) is 2.66. The molecule has 0 aliphatic carbocycles. The number of methoxy groups -OCH3 is 2. The summed E-state index contributed by atoms with van der Waals surface area (Å²) in [6.45, 7) is 1.93. The highest BCUT2D eigenvalue weighted by Crippen LogP contribution is 2.22. The smallest absolute Gasteiger partial charge is 0.307 e. The first-order valence-corrected chi connectivity index (χ1v) is 8.18. The molecular formula is C20H22FNO4. The zero-order chi connectivity index (χ0) is 19.1. The number of esters is 1. The lowest BCUT2D eigenvalue weighted by Crippen LogP contribution is -2.31. The first-order chi connectivity index (χ1) is 12.4. The lowest BCUT2D eigenvalue weighted by molar-refractivity contribution is -0.141. The number of halogens is 1. The summed E-state index contributed by atoms with van der Waals surface area (Å²) < 4.78 is 23.1. The molecular weight excluding hydrogens is 337 g/mol. The van der Waals surface area contributed by atoms with Crippen LogP contribution in [0.15, 0.2) is 42.5 Å². The molecule has 0 spiro atoms. The summed E-state index contributed by atoms with van der Waals surface area (Å²) in [5.74, 6) is -0.502. The maximum atomic E-state index is 13.2. The number of benzene rings is 2. The van der Waals surface area contributed by atoms with Gasteiger partial charge >= 0.3 is 5.97 Å². The molecule has 0 radical (unpaired) electrons. The molecule has 0 saturated heterocycles. The van der Waals surface area contributed by atoms with E-state index in [0.717, 1.165) is 11.1 Å². The van der Waals surface area contributed by atoms with Gasteiger partial charge in [-0.05, 0) is 30.7 Å². The van der Waals surface area contributed by atoms with E-state index in [0.29, 0.717) is 11.3 Å². The predicted octanol–water partition coefficient (Wildman–Crippen LogP) is 3.11. The lowest BCUT2D eigenvalue weighted by Gasteiger charge is -2.19. The van der Waals surface area contributed by atoms with Crippen molar-refractivity contribution >= 4 is 11.9 Å². The van der Waals surface area contributed by atoms with Gasteiger partial charge in [-0.2, -0.15) is 0 Å². The van der Waals surface area contributed by atoms with Crippen LogP contribution in [0, 0.1) is 12.7 Å². The molecule has 26 heavy (non-hydrogen) atoms. The van der Waals surface area contributed by atoms with Crippen molar-refractivity contribution in [2.24, 2.45) is 0 Å². The van der Waals surface area contributed by atoms with Gasteiger partial charge in [0.25, 0.3) is 0 Å². The van der Waals surface area contributed by atoms with Crippen molar-refractivity contribution in [3.05, 3.63) is 65.0 Å². The van der Waals surface area contributed by atoms with Crippen LogP contribution in [0.2, 0.25) is 0 Å². The van der Waals surface area contributed by atoms with Crippen molar-refractivity contribution in [1.82, 2.24) is 5.32 Å². The molecule has 2 aromatic rings. The average molecular weight is 359 g/mol. The molecule has 2 rings (SSSR count). The Labute approximate surface area is 152 Å². The second kappa shape index (κ2) is 8.99. The molecule has 138 valence electrons. The molecule has 0 heterocycles. The van der Waals surface area contributed by atoms with Crippen LogP contribution in [0.4, 0.5) is 4.39 Å². The van der Waals surface area contributed by atoms with Gasteiger partial charge in [0.1, 0.15) is 11.6 Å². The summed E-state index contributed by atoms with van der Waals surface area (Å²) in [6, 6.07) is 10.6. The minimum absolute atomic E-state index is 0.0428. The van der Waals surface area contributed by atoms with Crippen molar-refractivity contribution in [2.75, 3.05) is 14.2 Å². The maximum Gasteiger partial charge on any atom is 0.307 e. The Kier molecular flexibility index (Phi) is 6.72. The first-order valence-electron chi connectivity index (χ1n) is 8.18. The highest BCUT2D eigenvalue weighted by molar-refractivity contribution is 5.81. The van der Waals surface area contributed by atoms with Crippen molar-refractivity contribution < 1.29 is 23.5 Å². The Morgan fingerprint density at radius 2 is 1.81 bits per heavy atom. The van der Waals surface area contributed by atoms with Gasteiger partial charge in [-0.1, -0.05) is 29.8 Å². The van der Waals surface area contributed by atoms with Gasteiger partial charge in [0.15, 0.2) is 0 Å². The topological polar surface area (TPSA) is 64.6 Å². The molecule has 0 saturated carbocycles. The normalized spacial score (nSPS) is 11.5. The average Bonchev–Trinajstić information content (AvgIpc) is 2.62. The van der Waals surface area contributed by atoms with E-state index >= 15 is 0 Å². The Morgan fingerprint density at radius 1 is 1.12 bits per heavy atom. The summed E-state index contributed by atoms with van der Waals surface area (Å²) in [5.41, 5.74) is 2.39. The number of carbonyl (C=O) groups is 2. The second-order valence-electron chi connectivity index (χ2n) is 5.94. The third-order valence-electron chi connectivity index (χ3n) is 3.99. The lowest BCUT2D eigenvalue weighted by atomic mass is 10.0. The van der Waals surface area contributed by atoms with Crippen LogP contribution in [0.1, 0.15) is 29.2 Å². The van der Waals surface area contributed by atoms with E-state index < -0.39 is 12.0 Å². The number of amides is 1. The monoisotopic (exact) mass is 359 g/mol. The number of hydrogen-bond acceptors (Lipinski definition) is 4. The number of nitrogens with one attached hydrogen (secondary N) is 1. The standard InChI is InChI=1S/C20H22FNO4/c1-13-4-9-18(25-2)15(10-13)11-19(23)22-17(12-20(24)26-3)14-5-7-16(21)8-6-14/h4-10,17H,11-12H2,1-3H3,(H,22,23). The summed E-state index contributed by atoms with van der Waals surface area (Å²) >= 11 is 0. The van der Waals surface area contributed by atoms with Crippen LogP contribution >= 0.6 is 0 Å². The van der Waals surface area contributed by atoms with E-state index in [2.05, 4.69) is 5.32 Å². The molecule has 1 N–H and O–H groups in total. The van der Waals surface area contributed by atoms with Gasteiger partial charge < -0.3 is 14.8 Å². The largest absolute Gasteiger partial charge is 0.496 e. The van der Waals surface area contributed by atoms with Crippen molar-refractivity contribution in [2.45, 2.75) is 25.8 Å². The van der Waals surface area contributed by atoms with Crippen LogP contribution < -0.4 is 10.1 Å². The molecule has 0 fully saturated rings. The van der Waals surface area contributed by atoms with Gasteiger partial charge in [0.2, 0.25) is 5.91 Å². The highest BCUT2D eigenvalue weighted by Gasteiger charge is 2.20. The van der Waals surface area contributed by atoms with E-state index in [1.165, 1.54) is 31.4 Å². The minimum Gasteiger partial charge on any atom is -0.496 e. The predicted molar refractivity (Wildman–Crippen MR) is 95.4 cm³/mol. The Bertz CT molecular complexity index is 774. The number of hydrogen-bond donors (Lipinski definition) is 1. The molecule has 5 nitrogen and oxygen atoms in total. The van der Waals surface area contributed by atoms with Crippen LogP contribution in [0.5, 0.6) is 5.75 Å². The fraction of sp³-hybridized carbons (Fsp3) is 0.300. The summed E-state index contributed by atoms with van der Waals surface area (Å²) in [7, 11) is 2.83. The van der Waals surface area contributed by atoms with Gasteiger partial charge in [-0.3, -0.25) is 9.59 Å². The quantitative estimate of drug-likeness (QED) is 0.772.